The molecule has 0 aliphatic heterocycles. The van der Waals surface area contributed by atoms with Crippen molar-refractivity contribution >= 4 is 39.1 Å². The van der Waals surface area contributed by atoms with Crippen LogP contribution in [0.2, 0.25) is 5.02 Å². The van der Waals surface area contributed by atoms with E-state index in [-0.39, 0.29) is 29.9 Å². The summed E-state index contributed by atoms with van der Waals surface area (Å²) in [5, 5.41) is 13.4. The van der Waals surface area contributed by atoms with E-state index in [4.69, 9.17) is 20.8 Å². The van der Waals surface area contributed by atoms with Crippen molar-refractivity contribution in [3.05, 3.63) is 74.6 Å². The fourth-order valence-electron chi connectivity index (χ4n) is 2.81. The molecule has 0 atom stereocenters. The van der Waals surface area contributed by atoms with Crippen molar-refractivity contribution in [1.82, 2.24) is 0 Å². The van der Waals surface area contributed by atoms with E-state index in [1.165, 1.54) is 0 Å². The van der Waals surface area contributed by atoms with Crippen LogP contribution in [0.4, 0.5) is 5.69 Å². The van der Waals surface area contributed by atoms with Crippen molar-refractivity contribution in [3.63, 3.8) is 0 Å². The molecule has 0 saturated heterocycles. The molecule has 0 aliphatic rings. The van der Waals surface area contributed by atoms with Gasteiger partial charge >= 0.3 is 0 Å². The van der Waals surface area contributed by atoms with Gasteiger partial charge in [-0.2, -0.15) is 0 Å². The number of furan rings is 1. The van der Waals surface area contributed by atoms with Crippen molar-refractivity contribution in [3.8, 4) is 11.5 Å². The zero-order valence-corrected chi connectivity index (χ0v) is 18.6. The molecule has 152 valence electrons. The number of hydrogen-bond acceptors (Lipinski definition) is 4. The van der Waals surface area contributed by atoms with E-state index in [0.29, 0.717) is 22.2 Å². The number of halogens is 2. The lowest BCUT2D eigenvalue weighted by molar-refractivity contribution is 0.0992. The van der Waals surface area contributed by atoms with E-state index in [1.807, 2.05) is 26.8 Å². The van der Waals surface area contributed by atoms with Gasteiger partial charge in [-0.15, -0.1) is 0 Å². The van der Waals surface area contributed by atoms with Gasteiger partial charge in [0.2, 0.25) is 0 Å². The van der Waals surface area contributed by atoms with Crippen LogP contribution in [0.25, 0.3) is 0 Å². The van der Waals surface area contributed by atoms with Gasteiger partial charge in [-0.05, 0) is 66.4 Å². The molecule has 0 saturated carbocycles. The summed E-state index contributed by atoms with van der Waals surface area (Å²) in [6.07, 6.45) is 0. The van der Waals surface area contributed by atoms with Gasteiger partial charge in [0.05, 0.1) is 5.02 Å². The number of amides is 1. The molecule has 3 rings (SSSR count). The van der Waals surface area contributed by atoms with Crippen molar-refractivity contribution in [2.24, 2.45) is 0 Å². The Balaban J connectivity index is 1.69. The van der Waals surface area contributed by atoms with E-state index in [1.54, 1.807) is 36.4 Å². The van der Waals surface area contributed by atoms with Gasteiger partial charge in [-0.3, -0.25) is 4.79 Å². The van der Waals surface area contributed by atoms with Gasteiger partial charge in [0.15, 0.2) is 5.76 Å². The maximum absolute atomic E-state index is 12.6. The number of aryl methyl sites for hydroxylation is 1. The van der Waals surface area contributed by atoms with Gasteiger partial charge in [0.25, 0.3) is 5.91 Å². The molecule has 2 aromatic carbocycles. The number of nitrogens with one attached hydrogen (secondary N) is 1. The Bertz CT molecular complexity index is 1050. The lowest BCUT2D eigenvalue weighted by Gasteiger charge is -2.14. The molecule has 1 amide bonds. The summed E-state index contributed by atoms with van der Waals surface area (Å²) in [7, 11) is 0. The second-order valence-corrected chi connectivity index (χ2v) is 8.29. The maximum atomic E-state index is 12.6. The van der Waals surface area contributed by atoms with Crippen molar-refractivity contribution in [1.29, 1.82) is 0 Å². The van der Waals surface area contributed by atoms with Gasteiger partial charge in [0, 0.05) is 10.2 Å². The second kappa shape index (κ2) is 8.93. The molecule has 7 heteroatoms. The van der Waals surface area contributed by atoms with Crippen LogP contribution in [0, 0.1) is 6.92 Å². The molecule has 0 radical (unpaired) electrons. The molecule has 0 spiro atoms. The standard InChI is InChI=1S/C22H21BrClNO4/c1-12(2)16-10-18(13(3)8-19(16)26)25-22(27)21-7-5-15(29-21)11-28-20-6-4-14(23)9-17(20)24/h4-10,12,26H,11H2,1-3H3,(H,25,27). The van der Waals surface area contributed by atoms with Crippen LogP contribution in [-0.2, 0) is 6.61 Å². The number of aromatic hydroxyl groups is 1. The average Bonchev–Trinajstić information content (AvgIpc) is 3.12. The van der Waals surface area contributed by atoms with E-state index in [2.05, 4.69) is 21.2 Å². The van der Waals surface area contributed by atoms with Crippen molar-refractivity contribution in [2.75, 3.05) is 5.32 Å². The molecular weight excluding hydrogens is 458 g/mol. The summed E-state index contributed by atoms with van der Waals surface area (Å²) < 4.78 is 12.1. The molecule has 2 N–H and O–H groups in total. The summed E-state index contributed by atoms with van der Waals surface area (Å²) >= 11 is 9.48. The number of benzene rings is 2. The minimum absolute atomic E-state index is 0.129. The maximum Gasteiger partial charge on any atom is 0.291 e. The normalized spacial score (nSPS) is 11.0. The predicted octanol–water partition coefficient (Wildman–Crippen LogP) is 6.66. The quantitative estimate of drug-likeness (QED) is 0.388. The topological polar surface area (TPSA) is 71.7 Å². The van der Waals surface area contributed by atoms with E-state index in [9.17, 15) is 9.90 Å². The third-order valence-corrected chi connectivity index (χ3v) is 5.18. The zero-order chi connectivity index (χ0) is 21.1. The number of anilines is 1. The Morgan fingerprint density at radius 1 is 1.24 bits per heavy atom. The number of phenols is 1. The number of carbonyl (C=O) groups is 1. The Kier molecular flexibility index (Phi) is 6.55. The zero-order valence-electron chi connectivity index (χ0n) is 16.3. The van der Waals surface area contributed by atoms with Gasteiger partial charge in [0.1, 0.15) is 23.9 Å². The summed E-state index contributed by atoms with van der Waals surface area (Å²) in [6, 6.07) is 12.0. The molecule has 29 heavy (non-hydrogen) atoms. The first-order chi connectivity index (χ1) is 13.7. The lowest BCUT2D eigenvalue weighted by atomic mass is 9.99. The highest BCUT2D eigenvalue weighted by molar-refractivity contribution is 9.10. The first kappa shape index (κ1) is 21.3. The van der Waals surface area contributed by atoms with Crippen LogP contribution >= 0.6 is 27.5 Å². The molecule has 0 unspecified atom stereocenters. The second-order valence-electron chi connectivity index (χ2n) is 6.96. The fourth-order valence-corrected chi connectivity index (χ4v) is 3.54. The molecule has 0 bridgehead atoms. The number of carbonyl (C=O) groups excluding carboxylic acids is 1. The number of rotatable bonds is 6. The van der Waals surface area contributed by atoms with Crippen molar-refractivity contribution < 1.29 is 19.1 Å². The Morgan fingerprint density at radius 3 is 2.69 bits per heavy atom. The summed E-state index contributed by atoms with van der Waals surface area (Å²) in [6.45, 7) is 5.92. The first-order valence-corrected chi connectivity index (χ1v) is 10.2. The van der Waals surface area contributed by atoms with Gasteiger partial charge in [-0.25, -0.2) is 0 Å². The number of phenolic OH excluding ortho intramolecular Hbond substituents is 1. The van der Waals surface area contributed by atoms with Gasteiger partial charge in [-0.1, -0.05) is 41.4 Å². The third kappa shape index (κ3) is 5.14. The van der Waals surface area contributed by atoms with Crippen LogP contribution in [0.5, 0.6) is 11.5 Å². The largest absolute Gasteiger partial charge is 0.508 e. The molecule has 3 aromatic rings. The smallest absolute Gasteiger partial charge is 0.291 e. The lowest BCUT2D eigenvalue weighted by Crippen LogP contribution is -2.12. The third-order valence-electron chi connectivity index (χ3n) is 4.39. The number of ether oxygens (including phenoxy) is 1. The van der Waals surface area contributed by atoms with Crippen LogP contribution in [0.1, 0.15) is 47.2 Å². The Morgan fingerprint density at radius 2 is 2.00 bits per heavy atom. The molecule has 5 nitrogen and oxygen atoms in total. The molecule has 0 aliphatic carbocycles. The highest BCUT2D eigenvalue weighted by atomic mass is 79.9. The summed E-state index contributed by atoms with van der Waals surface area (Å²) in [4.78, 5) is 12.6. The first-order valence-electron chi connectivity index (χ1n) is 9.06. The van der Waals surface area contributed by atoms with Crippen LogP contribution < -0.4 is 10.1 Å². The SMILES string of the molecule is Cc1cc(O)c(C(C)C)cc1NC(=O)c1ccc(COc2ccc(Br)cc2Cl)o1. The number of hydrogen-bond donors (Lipinski definition) is 2. The van der Waals surface area contributed by atoms with Crippen LogP contribution in [0.3, 0.4) is 0 Å². The monoisotopic (exact) mass is 477 g/mol. The molecule has 0 fully saturated rings. The van der Waals surface area contributed by atoms with Gasteiger partial charge < -0.3 is 19.6 Å². The highest BCUT2D eigenvalue weighted by Crippen LogP contribution is 2.32. The van der Waals surface area contributed by atoms with E-state index in [0.717, 1.165) is 15.6 Å². The van der Waals surface area contributed by atoms with E-state index < -0.39 is 0 Å². The average molecular weight is 479 g/mol. The van der Waals surface area contributed by atoms with Crippen molar-refractivity contribution in [2.45, 2.75) is 33.3 Å². The summed E-state index contributed by atoms with van der Waals surface area (Å²) in [5.41, 5.74) is 2.17. The minimum atomic E-state index is -0.374. The highest BCUT2D eigenvalue weighted by Gasteiger charge is 2.16. The Labute approximate surface area is 182 Å². The Hall–Kier alpha value is -2.44. The van der Waals surface area contributed by atoms with Crippen LogP contribution in [0.15, 0.2) is 51.4 Å². The van der Waals surface area contributed by atoms with Crippen LogP contribution in [-0.4, -0.2) is 11.0 Å². The molecule has 1 heterocycles. The predicted molar refractivity (Wildman–Crippen MR) is 117 cm³/mol. The molecule has 1 aromatic heterocycles. The molecular formula is C22H21BrClNO4. The minimum Gasteiger partial charge on any atom is -0.508 e. The fraction of sp³-hybridized carbons (Fsp3) is 0.227. The summed E-state index contributed by atoms with van der Waals surface area (Å²) in [5.74, 6) is 1.17. The van der Waals surface area contributed by atoms with E-state index >= 15 is 0 Å².